The number of rotatable bonds is 4. The second-order valence-electron chi connectivity index (χ2n) is 7.51. The maximum Gasteiger partial charge on any atom is 0.258 e. The summed E-state index contributed by atoms with van der Waals surface area (Å²) in [5.74, 6) is 0.777. The Kier molecular flexibility index (Phi) is 4.85. The number of nitrogens with one attached hydrogen (secondary N) is 1. The molecule has 4 nitrogen and oxygen atoms in total. The van der Waals surface area contributed by atoms with Crippen molar-refractivity contribution in [1.29, 1.82) is 0 Å². The lowest BCUT2D eigenvalue weighted by Crippen LogP contribution is -3.11. The highest BCUT2D eigenvalue weighted by Gasteiger charge is 2.23. The van der Waals surface area contributed by atoms with Crippen LogP contribution in [-0.2, 0) is 13.0 Å². The summed E-state index contributed by atoms with van der Waals surface area (Å²) in [5, 5.41) is 0. The summed E-state index contributed by atoms with van der Waals surface area (Å²) in [6, 6.07) is 18.3. The summed E-state index contributed by atoms with van der Waals surface area (Å²) < 4.78 is 1.69. The van der Waals surface area contributed by atoms with Crippen LogP contribution in [0.4, 0.5) is 0 Å². The molecule has 134 valence electrons. The van der Waals surface area contributed by atoms with E-state index in [0.717, 1.165) is 42.6 Å². The predicted molar refractivity (Wildman–Crippen MR) is 103 cm³/mol. The van der Waals surface area contributed by atoms with Gasteiger partial charge in [-0.25, -0.2) is 4.98 Å². The number of hydrogen-bond acceptors (Lipinski definition) is 2. The minimum Gasteiger partial charge on any atom is -0.330 e. The molecular formula is C22H26N3O+. The number of hydrogen-bond donors (Lipinski definition) is 1. The van der Waals surface area contributed by atoms with E-state index in [0.29, 0.717) is 0 Å². The number of quaternary nitrogens is 1. The molecule has 3 heterocycles. The summed E-state index contributed by atoms with van der Waals surface area (Å²) in [6.07, 6.45) is 3.68. The van der Waals surface area contributed by atoms with E-state index < -0.39 is 0 Å². The summed E-state index contributed by atoms with van der Waals surface area (Å²) >= 11 is 0. The van der Waals surface area contributed by atoms with Crippen molar-refractivity contribution in [1.82, 2.24) is 9.38 Å². The third-order valence-electron chi connectivity index (χ3n) is 5.54. The number of likely N-dealkylation sites (tertiary alicyclic amines) is 1. The molecule has 1 saturated heterocycles. The van der Waals surface area contributed by atoms with Crippen molar-refractivity contribution < 1.29 is 4.90 Å². The van der Waals surface area contributed by atoms with Gasteiger partial charge in [-0.1, -0.05) is 36.4 Å². The predicted octanol–water partition coefficient (Wildman–Crippen LogP) is 2.04. The molecule has 4 rings (SSSR count). The van der Waals surface area contributed by atoms with Gasteiger partial charge in [-0.15, -0.1) is 0 Å². The smallest absolute Gasteiger partial charge is 0.258 e. The maximum atomic E-state index is 12.4. The molecule has 0 bridgehead atoms. The van der Waals surface area contributed by atoms with Crippen LogP contribution in [0.5, 0.6) is 0 Å². The first-order valence-electron chi connectivity index (χ1n) is 9.55. The molecule has 1 aliphatic heterocycles. The van der Waals surface area contributed by atoms with Gasteiger partial charge in [0.05, 0.1) is 13.1 Å². The van der Waals surface area contributed by atoms with E-state index in [1.54, 1.807) is 15.4 Å². The quantitative estimate of drug-likeness (QED) is 0.784. The second kappa shape index (κ2) is 7.42. The fourth-order valence-corrected chi connectivity index (χ4v) is 4.12. The summed E-state index contributed by atoms with van der Waals surface area (Å²) in [6.45, 7) is 5.11. The number of aryl methyl sites for hydroxylation is 1. The Labute approximate surface area is 154 Å². The zero-order chi connectivity index (χ0) is 17.9. The summed E-state index contributed by atoms with van der Waals surface area (Å²) in [4.78, 5) is 18.7. The Balaban J connectivity index is 1.40. The molecule has 0 atom stereocenters. The van der Waals surface area contributed by atoms with Crippen LogP contribution >= 0.6 is 0 Å². The molecule has 1 aliphatic rings. The van der Waals surface area contributed by atoms with Crippen molar-refractivity contribution in [3.63, 3.8) is 0 Å². The van der Waals surface area contributed by atoms with Gasteiger partial charge in [0.1, 0.15) is 17.9 Å². The van der Waals surface area contributed by atoms with Crippen molar-refractivity contribution in [3.8, 4) is 0 Å². The van der Waals surface area contributed by atoms with Gasteiger partial charge in [-0.05, 0) is 49.8 Å². The van der Waals surface area contributed by atoms with Gasteiger partial charge < -0.3 is 4.90 Å². The van der Waals surface area contributed by atoms with Crippen molar-refractivity contribution in [2.24, 2.45) is 5.92 Å². The molecule has 0 aliphatic carbocycles. The van der Waals surface area contributed by atoms with Crippen LogP contribution in [0.3, 0.4) is 0 Å². The van der Waals surface area contributed by atoms with Crippen LogP contribution < -0.4 is 10.5 Å². The number of aromatic nitrogens is 2. The molecule has 4 heteroatoms. The van der Waals surface area contributed by atoms with E-state index in [1.165, 1.54) is 24.8 Å². The highest BCUT2D eigenvalue weighted by Crippen LogP contribution is 2.16. The van der Waals surface area contributed by atoms with E-state index in [1.807, 2.05) is 25.1 Å². The van der Waals surface area contributed by atoms with Gasteiger partial charge in [0, 0.05) is 11.8 Å². The molecule has 2 aromatic heterocycles. The van der Waals surface area contributed by atoms with Gasteiger partial charge in [-0.3, -0.25) is 9.20 Å². The normalized spacial score (nSPS) is 20.3. The van der Waals surface area contributed by atoms with E-state index in [9.17, 15) is 4.79 Å². The Hall–Kier alpha value is -2.46. The average molecular weight is 348 g/mol. The zero-order valence-electron chi connectivity index (χ0n) is 15.3. The van der Waals surface area contributed by atoms with Crippen LogP contribution in [0.15, 0.2) is 59.4 Å². The lowest BCUT2D eigenvalue weighted by molar-refractivity contribution is -0.920. The molecule has 0 unspecified atom stereocenters. The molecule has 0 radical (unpaired) electrons. The second-order valence-corrected chi connectivity index (χ2v) is 7.51. The van der Waals surface area contributed by atoms with Crippen LogP contribution in [0.25, 0.3) is 5.65 Å². The molecule has 0 saturated carbocycles. The third-order valence-corrected chi connectivity index (χ3v) is 5.54. The first kappa shape index (κ1) is 17.0. The SMILES string of the molecule is Cc1cccc2nc(C[NH+]3CCC(Cc4ccccc4)CC3)cc(=O)n12. The van der Waals surface area contributed by atoms with Gasteiger partial charge in [-0.2, -0.15) is 0 Å². The molecule has 3 aromatic rings. The monoisotopic (exact) mass is 348 g/mol. The van der Waals surface area contributed by atoms with E-state index in [-0.39, 0.29) is 5.56 Å². The van der Waals surface area contributed by atoms with E-state index in [4.69, 9.17) is 4.98 Å². The number of piperidine rings is 1. The lowest BCUT2D eigenvalue weighted by Gasteiger charge is -2.29. The van der Waals surface area contributed by atoms with Gasteiger partial charge in [0.15, 0.2) is 0 Å². The molecule has 26 heavy (non-hydrogen) atoms. The van der Waals surface area contributed by atoms with Gasteiger partial charge >= 0.3 is 0 Å². The first-order chi connectivity index (χ1) is 12.7. The van der Waals surface area contributed by atoms with Crippen molar-refractivity contribution in [2.45, 2.75) is 32.7 Å². The number of pyridine rings is 1. The van der Waals surface area contributed by atoms with Crippen molar-refractivity contribution in [3.05, 3.63) is 81.9 Å². The number of benzene rings is 1. The van der Waals surface area contributed by atoms with Crippen LogP contribution in [-0.4, -0.2) is 22.5 Å². The minimum atomic E-state index is 0.0291. The Bertz CT molecular complexity index is 941. The zero-order valence-corrected chi connectivity index (χ0v) is 15.3. The van der Waals surface area contributed by atoms with Gasteiger partial charge in [0.2, 0.25) is 0 Å². The van der Waals surface area contributed by atoms with Crippen LogP contribution in [0.1, 0.15) is 29.8 Å². The molecule has 1 fully saturated rings. The van der Waals surface area contributed by atoms with E-state index >= 15 is 0 Å². The standard InChI is InChI=1S/C22H25N3O/c1-17-6-5-9-21-23-20(15-22(26)25(17)21)16-24-12-10-19(11-13-24)14-18-7-3-2-4-8-18/h2-9,15,19H,10-14,16H2,1H3/p+1. The average Bonchev–Trinajstić information content (AvgIpc) is 2.64. The van der Waals surface area contributed by atoms with Gasteiger partial charge in [0.25, 0.3) is 5.56 Å². The molecule has 0 amide bonds. The van der Waals surface area contributed by atoms with Crippen molar-refractivity contribution in [2.75, 3.05) is 13.1 Å². The number of nitrogens with zero attached hydrogens (tertiary/aromatic N) is 2. The minimum absolute atomic E-state index is 0.0291. The van der Waals surface area contributed by atoms with Crippen LogP contribution in [0.2, 0.25) is 0 Å². The summed E-state index contributed by atoms with van der Waals surface area (Å²) in [7, 11) is 0. The topological polar surface area (TPSA) is 38.8 Å². The maximum absolute atomic E-state index is 12.4. The highest BCUT2D eigenvalue weighted by molar-refractivity contribution is 5.40. The highest BCUT2D eigenvalue weighted by atomic mass is 16.1. The fourth-order valence-electron chi connectivity index (χ4n) is 4.12. The van der Waals surface area contributed by atoms with Crippen LogP contribution in [0, 0.1) is 12.8 Å². The number of fused-ring (bicyclic) bond motifs is 1. The Morgan fingerprint density at radius 1 is 1.08 bits per heavy atom. The summed E-state index contributed by atoms with van der Waals surface area (Å²) in [5.41, 5.74) is 4.07. The first-order valence-corrected chi connectivity index (χ1v) is 9.55. The largest absolute Gasteiger partial charge is 0.330 e. The van der Waals surface area contributed by atoms with E-state index in [2.05, 4.69) is 30.3 Å². The third kappa shape index (κ3) is 3.70. The molecular weight excluding hydrogens is 322 g/mol. The lowest BCUT2D eigenvalue weighted by atomic mass is 9.90. The molecule has 1 aromatic carbocycles. The fraction of sp³-hybridized carbons (Fsp3) is 0.364. The van der Waals surface area contributed by atoms with Crippen molar-refractivity contribution >= 4 is 5.65 Å². The molecule has 1 N–H and O–H groups in total. The molecule has 0 spiro atoms. The Morgan fingerprint density at radius 2 is 1.85 bits per heavy atom. The Morgan fingerprint density at radius 3 is 2.62 bits per heavy atom.